The second-order valence-electron chi connectivity index (χ2n) is 4.65. The first-order valence-electron chi connectivity index (χ1n) is 5.31. The summed E-state index contributed by atoms with van der Waals surface area (Å²) in [6, 6.07) is 1.48. The first-order chi connectivity index (χ1) is 8.79. The van der Waals surface area contributed by atoms with Gasteiger partial charge in [0, 0.05) is 0 Å². The number of hydrogen-bond acceptors (Lipinski definition) is 1. The van der Waals surface area contributed by atoms with E-state index >= 15 is 0 Å². The molecule has 0 heterocycles. The van der Waals surface area contributed by atoms with Crippen LogP contribution in [-0.4, -0.2) is 11.1 Å². The third-order valence-electron chi connectivity index (χ3n) is 2.83. The van der Waals surface area contributed by atoms with Gasteiger partial charge in [0.05, 0.1) is 16.5 Å². The summed E-state index contributed by atoms with van der Waals surface area (Å²) >= 11 is 0. The van der Waals surface area contributed by atoms with E-state index in [1.54, 1.807) is 0 Å². The fraction of sp³-hybridized carbons (Fsp3) is 0.417. The van der Waals surface area contributed by atoms with Gasteiger partial charge in [0.15, 0.2) is 0 Å². The molecule has 2 nitrogen and oxygen atoms in total. The van der Waals surface area contributed by atoms with Crippen LogP contribution in [0.25, 0.3) is 0 Å². The zero-order valence-electron chi connectivity index (χ0n) is 10.4. The van der Waals surface area contributed by atoms with Crippen molar-refractivity contribution in [2.75, 3.05) is 0 Å². The van der Waals surface area contributed by atoms with Crippen molar-refractivity contribution in [3.8, 4) is 0 Å². The SMILES string of the molecule is CC(C)(C(=O)O)c1c(C(F)(F)F)cccc1C(F)(F)F. The van der Waals surface area contributed by atoms with Crippen molar-refractivity contribution in [3.63, 3.8) is 0 Å². The van der Waals surface area contributed by atoms with Gasteiger partial charge in [-0.1, -0.05) is 6.07 Å². The van der Waals surface area contributed by atoms with E-state index in [0.717, 1.165) is 13.8 Å². The number of carboxylic acid groups (broad SMARTS) is 1. The molecular weight excluding hydrogens is 290 g/mol. The maximum Gasteiger partial charge on any atom is 0.416 e. The number of aliphatic carboxylic acids is 1. The third kappa shape index (κ3) is 2.88. The minimum atomic E-state index is -5.08. The van der Waals surface area contributed by atoms with Gasteiger partial charge in [-0.15, -0.1) is 0 Å². The van der Waals surface area contributed by atoms with E-state index in [4.69, 9.17) is 5.11 Å². The minimum Gasteiger partial charge on any atom is -0.481 e. The van der Waals surface area contributed by atoms with Gasteiger partial charge in [0.25, 0.3) is 0 Å². The average Bonchev–Trinajstić information content (AvgIpc) is 2.25. The van der Waals surface area contributed by atoms with Gasteiger partial charge in [-0.25, -0.2) is 0 Å². The molecule has 0 saturated heterocycles. The maximum absolute atomic E-state index is 12.9. The minimum absolute atomic E-state index is 0.440. The van der Waals surface area contributed by atoms with Gasteiger partial charge in [-0.05, 0) is 31.5 Å². The fourth-order valence-electron chi connectivity index (χ4n) is 1.81. The molecule has 0 unspecified atom stereocenters. The van der Waals surface area contributed by atoms with E-state index in [9.17, 15) is 31.1 Å². The Bertz CT molecular complexity index is 495. The molecule has 8 heteroatoms. The van der Waals surface area contributed by atoms with Gasteiger partial charge in [0.2, 0.25) is 0 Å². The molecule has 0 bridgehead atoms. The van der Waals surface area contributed by atoms with Crippen LogP contribution in [-0.2, 0) is 22.6 Å². The lowest BCUT2D eigenvalue weighted by Gasteiger charge is -2.28. The Kier molecular flexibility index (Phi) is 3.82. The van der Waals surface area contributed by atoms with E-state index in [2.05, 4.69) is 0 Å². The second-order valence-corrected chi connectivity index (χ2v) is 4.65. The molecule has 0 aliphatic rings. The number of hydrogen-bond donors (Lipinski definition) is 1. The van der Waals surface area contributed by atoms with Crippen molar-refractivity contribution in [1.29, 1.82) is 0 Å². The Labute approximate surface area is 110 Å². The van der Waals surface area contributed by atoms with E-state index in [0.29, 0.717) is 18.2 Å². The molecule has 1 aromatic carbocycles. The highest BCUT2D eigenvalue weighted by atomic mass is 19.4. The molecular formula is C12H10F6O2. The van der Waals surface area contributed by atoms with Gasteiger partial charge in [-0.2, -0.15) is 26.3 Å². The highest BCUT2D eigenvalue weighted by Crippen LogP contribution is 2.44. The topological polar surface area (TPSA) is 37.3 Å². The summed E-state index contributed by atoms with van der Waals surface area (Å²) < 4.78 is 77.1. The summed E-state index contributed by atoms with van der Waals surface area (Å²) in [4.78, 5) is 11.0. The number of carbonyl (C=O) groups is 1. The normalized spacial score (nSPS) is 13.4. The monoisotopic (exact) mass is 300 g/mol. The Morgan fingerprint density at radius 2 is 1.30 bits per heavy atom. The molecule has 0 atom stereocenters. The van der Waals surface area contributed by atoms with Crippen LogP contribution in [0.3, 0.4) is 0 Å². The quantitative estimate of drug-likeness (QED) is 0.835. The molecule has 0 aliphatic heterocycles. The molecule has 0 aliphatic carbocycles. The van der Waals surface area contributed by atoms with Gasteiger partial charge in [-0.3, -0.25) is 4.79 Å². The lowest BCUT2D eigenvalue weighted by Crippen LogP contribution is -2.34. The molecule has 0 radical (unpaired) electrons. The third-order valence-corrected chi connectivity index (χ3v) is 2.83. The predicted molar refractivity (Wildman–Crippen MR) is 57.1 cm³/mol. The van der Waals surface area contributed by atoms with Crippen LogP contribution in [0.15, 0.2) is 18.2 Å². The molecule has 0 aromatic heterocycles. The molecule has 0 amide bonds. The Morgan fingerprint density at radius 1 is 0.950 bits per heavy atom. The van der Waals surface area contributed by atoms with Crippen molar-refractivity contribution in [2.45, 2.75) is 31.6 Å². The lowest BCUT2D eigenvalue weighted by molar-refractivity contribution is -0.149. The number of benzene rings is 1. The summed E-state index contributed by atoms with van der Waals surface area (Å²) in [6.07, 6.45) is -10.2. The predicted octanol–water partition coefficient (Wildman–Crippen LogP) is 4.09. The Morgan fingerprint density at radius 3 is 1.55 bits per heavy atom. The van der Waals surface area contributed by atoms with Crippen molar-refractivity contribution in [2.24, 2.45) is 0 Å². The highest BCUT2D eigenvalue weighted by molar-refractivity contribution is 5.81. The first-order valence-corrected chi connectivity index (χ1v) is 5.31. The van der Waals surface area contributed by atoms with Crippen LogP contribution in [0, 0.1) is 0 Å². The summed E-state index contributed by atoms with van der Waals surface area (Å²) in [6.45, 7) is 1.60. The van der Waals surface area contributed by atoms with Crippen molar-refractivity contribution in [1.82, 2.24) is 0 Å². The summed E-state index contributed by atoms with van der Waals surface area (Å²) in [5.41, 5.74) is -6.82. The largest absolute Gasteiger partial charge is 0.481 e. The maximum atomic E-state index is 12.9. The molecule has 0 fully saturated rings. The molecule has 0 spiro atoms. The van der Waals surface area contributed by atoms with E-state index in [-0.39, 0.29) is 0 Å². The first kappa shape index (κ1) is 16.3. The molecule has 1 N–H and O–H groups in total. The number of alkyl halides is 6. The lowest BCUT2D eigenvalue weighted by atomic mass is 9.78. The molecule has 1 rings (SSSR count). The molecule has 1 aromatic rings. The zero-order valence-corrected chi connectivity index (χ0v) is 10.4. The summed E-state index contributed by atoms with van der Waals surface area (Å²) in [5, 5.41) is 8.94. The average molecular weight is 300 g/mol. The Hall–Kier alpha value is -1.73. The highest BCUT2D eigenvalue weighted by Gasteiger charge is 2.47. The van der Waals surface area contributed by atoms with Crippen molar-refractivity contribution < 1.29 is 36.2 Å². The van der Waals surface area contributed by atoms with E-state index in [1.165, 1.54) is 0 Å². The van der Waals surface area contributed by atoms with Crippen LogP contribution in [0.1, 0.15) is 30.5 Å². The fourth-order valence-corrected chi connectivity index (χ4v) is 1.81. The van der Waals surface area contributed by atoms with Gasteiger partial charge in [0.1, 0.15) is 0 Å². The van der Waals surface area contributed by atoms with Crippen molar-refractivity contribution >= 4 is 5.97 Å². The summed E-state index contributed by atoms with van der Waals surface area (Å²) in [5.74, 6) is -1.78. The van der Waals surface area contributed by atoms with Crippen LogP contribution >= 0.6 is 0 Å². The Balaban J connectivity index is 3.80. The number of rotatable bonds is 2. The van der Waals surface area contributed by atoms with Gasteiger partial charge < -0.3 is 5.11 Å². The molecule has 112 valence electrons. The molecule has 20 heavy (non-hydrogen) atoms. The van der Waals surface area contributed by atoms with Crippen LogP contribution in [0.4, 0.5) is 26.3 Å². The second kappa shape index (κ2) is 4.68. The van der Waals surface area contributed by atoms with E-state index < -0.39 is 40.4 Å². The van der Waals surface area contributed by atoms with Crippen LogP contribution in [0.5, 0.6) is 0 Å². The van der Waals surface area contributed by atoms with Crippen molar-refractivity contribution in [3.05, 3.63) is 34.9 Å². The standard InChI is InChI=1S/C12H10F6O2/c1-10(2,9(19)20)8-6(11(13,14)15)4-3-5-7(8)12(16,17)18/h3-5H,1-2H3,(H,19,20). The summed E-state index contributed by atoms with van der Waals surface area (Å²) in [7, 11) is 0. The molecule has 0 saturated carbocycles. The zero-order chi connectivity index (χ0) is 15.9. The van der Waals surface area contributed by atoms with Crippen LogP contribution < -0.4 is 0 Å². The van der Waals surface area contributed by atoms with Gasteiger partial charge >= 0.3 is 18.3 Å². The number of carboxylic acids is 1. The van der Waals surface area contributed by atoms with Crippen LogP contribution in [0.2, 0.25) is 0 Å². The smallest absolute Gasteiger partial charge is 0.416 e. The van der Waals surface area contributed by atoms with E-state index in [1.807, 2.05) is 0 Å². The number of halogens is 6.